The van der Waals surface area contributed by atoms with Crippen LogP contribution in [0.25, 0.3) is 0 Å². The van der Waals surface area contributed by atoms with E-state index in [0.29, 0.717) is 50.3 Å². The standard InChI is InChI=1S/C23H34FN3O5S/c1-23(2,17-8-9-18(24)20(14-17)32-15-16-6-7-16)27-33(30,31)13-5-3-4-12-25-19-10-11-21(28)26-22(19)29/h8-9,14,16,19,25,27H,3-7,10-13,15H2,1-2H3,(H,26,28,29). The van der Waals surface area contributed by atoms with E-state index >= 15 is 0 Å². The molecule has 2 aliphatic rings. The van der Waals surface area contributed by atoms with Gasteiger partial charge in [0.15, 0.2) is 11.6 Å². The van der Waals surface area contributed by atoms with Gasteiger partial charge >= 0.3 is 0 Å². The van der Waals surface area contributed by atoms with Crippen LogP contribution in [0.1, 0.15) is 64.4 Å². The molecule has 1 aromatic rings. The van der Waals surface area contributed by atoms with Crippen LogP contribution in [-0.2, 0) is 25.2 Å². The van der Waals surface area contributed by atoms with Gasteiger partial charge in [-0.2, -0.15) is 0 Å². The van der Waals surface area contributed by atoms with Crippen LogP contribution in [0.3, 0.4) is 0 Å². The van der Waals surface area contributed by atoms with Gasteiger partial charge in [-0.25, -0.2) is 17.5 Å². The molecule has 2 amide bonds. The molecule has 1 saturated heterocycles. The van der Waals surface area contributed by atoms with Gasteiger partial charge in [0.05, 0.1) is 23.9 Å². The molecule has 1 aliphatic carbocycles. The predicted octanol–water partition coefficient (Wildman–Crippen LogP) is 2.33. The van der Waals surface area contributed by atoms with E-state index in [1.165, 1.54) is 6.07 Å². The van der Waals surface area contributed by atoms with Crippen LogP contribution in [0.4, 0.5) is 4.39 Å². The van der Waals surface area contributed by atoms with Crippen molar-refractivity contribution in [3.8, 4) is 5.75 Å². The van der Waals surface area contributed by atoms with Gasteiger partial charge in [0.25, 0.3) is 0 Å². The Morgan fingerprint density at radius 2 is 1.91 bits per heavy atom. The van der Waals surface area contributed by atoms with Gasteiger partial charge in [-0.05, 0) is 76.1 Å². The van der Waals surface area contributed by atoms with Gasteiger partial charge < -0.3 is 10.1 Å². The molecule has 10 heteroatoms. The lowest BCUT2D eigenvalue weighted by Crippen LogP contribution is -2.50. The summed E-state index contributed by atoms with van der Waals surface area (Å²) in [5, 5.41) is 5.41. The summed E-state index contributed by atoms with van der Waals surface area (Å²) in [5.74, 6) is -0.400. The molecule has 1 heterocycles. The van der Waals surface area contributed by atoms with E-state index in [9.17, 15) is 22.4 Å². The lowest BCUT2D eigenvalue weighted by Gasteiger charge is -2.27. The van der Waals surface area contributed by atoms with Crippen LogP contribution >= 0.6 is 0 Å². The number of hydrogen-bond acceptors (Lipinski definition) is 6. The molecule has 3 N–H and O–H groups in total. The summed E-state index contributed by atoms with van der Waals surface area (Å²) < 4.78 is 47.7. The summed E-state index contributed by atoms with van der Waals surface area (Å²) in [7, 11) is -3.56. The van der Waals surface area contributed by atoms with Gasteiger partial charge in [-0.1, -0.05) is 12.5 Å². The summed E-state index contributed by atoms with van der Waals surface area (Å²) >= 11 is 0. The molecule has 184 valence electrons. The van der Waals surface area contributed by atoms with Crippen molar-refractivity contribution >= 4 is 21.8 Å². The highest BCUT2D eigenvalue weighted by molar-refractivity contribution is 7.89. The first kappa shape index (κ1) is 25.6. The third-order valence-electron chi connectivity index (χ3n) is 5.95. The fourth-order valence-corrected chi connectivity index (χ4v) is 5.33. The van der Waals surface area contributed by atoms with Crippen molar-refractivity contribution < 1.29 is 27.1 Å². The van der Waals surface area contributed by atoms with E-state index in [1.807, 2.05) is 0 Å². The second kappa shape index (κ2) is 10.9. The fourth-order valence-electron chi connectivity index (χ4n) is 3.75. The second-order valence-corrected chi connectivity index (χ2v) is 11.3. The van der Waals surface area contributed by atoms with E-state index in [0.717, 1.165) is 19.3 Å². The molecule has 1 aromatic carbocycles. The number of unbranched alkanes of at least 4 members (excludes halogenated alkanes) is 2. The largest absolute Gasteiger partial charge is 0.490 e. The third-order valence-corrected chi connectivity index (χ3v) is 7.60. The van der Waals surface area contributed by atoms with Gasteiger partial charge in [-0.3, -0.25) is 14.9 Å². The highest BCUT2D eigenvalue weighted by Gasteiger charge is 2.29. The van der Waals surface area contributed by atoms with Crippen molar-refractivity contribution in [2.24, 2.45) is 5.92 Å². The summed E-state index contributed by atoms with van der Waals surface area (Å²) in [5.41, 5.74) is -0.288. The van der Waals surface area contributed by atoms with E-state index in [2.05, 4.69) is 15.4 Å². The van der Waals surface area contributed by atoms with Crippen molar-refractivity contribution in [3.05, 3.63) is 29.6 Å². The number of rotatable bonds is 13. The van der Waals surface area contributed by atoms with Crippen LogP contribution in [0, 0.1) is 11.7 Å². The van der Waals surface area contributed by atoms with E-state index in [1.54, 1.807) is 26.0 Å². The van der Waals surface area contributed by atoms with Crippen LogP contribution in [-0.4, -0.2) is 45.2 Å². The molecular formula is C23H34FN3O5S. The number of amides is 2. The van der Waals surface area contributed by atoms with Crippen molar-refractivity contribution in [3.63, 3.8) is 0 Å². The SMILES string of the molecule is CC(C)(NS(=O)(=O)CCCCCNC1CCC(=O)NC1=O)c1ccc(F)c(OCC2CC2)c1. The molecule has 0 radical (unpaired) electrons. The Balaban J connectivity index is 1.42. The highest BCUT2D eigenvalue weighted by Crippen LogP contribution is 2.32. The summed E-state index contributed by atoms with van der Waals surface area (Å²) in [6, 6.07) is 4.08. The number of sulfonamides is 1. The van der Waals surface area contributed by atoms with Crippen molar-refractivity contribution in [2.45, 2.75) is 70.4 Å². The van der Waals surface area contributed by atoms with Crippen LogP contribution < -0.4 is 20.1 Å². The first-order chi connectivity index (χ1) is 15.6. The zero-order chi connectivity index (χ0) is 24.1. The minimum absolute atomic E-state index is 0.0267. The number of carbonyl (C=O) groups is 2. The van der Waals surface area contributed by atoms with Crippen LogP contribution in [0.2, 0.25) is 0 Å². The second-order valence-electron chi connectivity index (χ2n) is 9.46. The normalized spacial score (nSPS) is 19.4. The molecule has 0 bridgehead atoms. The number of piperidine rings is 1. The molecule has 1 atom stereocenters. The van der Waals surface area contributed by atoms with Gasteiger partial charge in [-0.15, -0.1) is 0 Å². The fraction of sp³-hybridized carbons (Fsp3) is 0.652. The Morgan fingerprint density at radius 3 is 2.61 bits per heavy atom. The Bertz CT molecular complexity index is 963. The average molecular weight is 484 g/mol. The van der Waals surface area contributed by atoms with E-state index < -0.39 is 21.4 Å². The molecular weight excluding hydrogens is 449 g/mol. The number of carbonyl (C=O) groups excluding carboxylic acids is 2. The topological polar surface area (TPSA) is 114 Å². The zero-order valence-corrected chi connectivity index (χ0v) is 20.1. The first-order valence-electron chi connectivity index (χ1n) is 11.6. The molecule has 8 nitrogen and oxygen atoms in total. The number of hydrogen-bond donors (Lipinski definition) is 3. The molecule has 33 heavy (non-hydrogen) atoms. The third kappa shape index (κ3) is 8.04. The Hall–Kier alpha value is -2.04. The Labute approximate surface area is 195 Å². The van der Waals surface area contributed by atoms with Crippen molar-refractivity contribution in [1.29, 1.82) is 0 Å². The Kier molecular flexibility index (Phi) is 8.47. The maximum Gasteiger partial charge on any atom is 0.243 e. The molecule has 3 rings (SSSR count). The Morgan fingerprint density at radius 1 is 1.15 bits per heavy atom. The summed E-state index contributed by atoms with van der Waals surface area (Å²) in [4.78, 5) is 22.9. The van der Waals surface area contributed by atoms with Crippen LogP contribution in [0.15, 0.2) is 18.2 Å². The molecule has 1 aliphatic heterocycles. The molecule has 0 aromatic heterocycles. The minimum Gasteiger partial charge on any atom is -0.490 e. The predicted molar refractivity (Wildman–Crippen MR) is 123 cm³/mol. The quantitative estimate of drug-likeness (QED) is 0.293. The highest BCUT2D eigenvalue weighted by atomic mass is 32.2. The van der Waals surface area contributed by atoms with Gasteiger partial charge in [0.2, 0.25) is 21.8 Å². The van der Waals surface area contributed by atoms with E-state index in [4.69, 9.17) is 4.74 Å². The van der Waals surface area contributed by atoms with Crippen LogP contribution in [0.5, 0.6) is 5.75 Å². The first-order valence-corrected chi connectivity index (χ1v) is 13.2. The monoisotopic (exact) mass is 483 g/mol. The van der Waals surface area contributed by atoms with Crippen molar-refractivity contribution in [2.75, 3.05) is 18.9 Å². The average Bonchev–Trinajstić information content (AvgIpc) is 3.55. The van der Waals surface area contributed by atoms with Gasteiger partial charge in [0.1, 0.15) is 0 Å². The lowest BCUT2D eigenvalue weighted by molar-refractivity contribution is -0.134. The number of imide groups is 1. The number of ether oxygens (including phenoxy) is 1. The zero-order valence-electron chi connectivity index (χ0n) is 19.3. The number of nitrogens with one attached hydrogen (secondary N) is 3. The minimum atomic E-state index is -3.56. The molecule has 1 saturated carbocycles. The maximum absolute atomic E-state index is 14.1. The van der Waals surface area contributed by atoms with Crippen molar-refractivity contribution in [1.82, 2.24) is 15.4 Å². The number of halogens is 1. The summed E-state index contributed by atoms with van der Waals surface area (Å²) in [6.07, 6.45) is 4.87. The smallest absolute Gasteiger partial charge is 0.243 e. The number of benzene rings is 1. The molecule has 2 fully saturated rings. The lowest BCUT2D eigenvalue weighted by atomic mass is 9.95. The summed E-state index contributed by atoms with van der Waals surface area (Å²) in [6.45, 7) is 4.54. The molecule has 0 spiro atoms. The molecule has 1 unspecified atom stereocenters. The maximum atomic E-state index is 14.1. The van der Waals surface area contributed by atoms with E-state index in [-0.39, 0.29) is 29.4 Å². The van der Waals surface area contributed by atoms with Gasteiger partial charge in [0, 0.05) is 6.42 Å².